The lowest BCUT2D eigenvalue weighted by Crippen LogP contribution is -2.05. The molecule has 0 spiro atoms. The van der Waals surface area contributed by atoms with Crippen LogP contribution in [-0.2, 0) is 13.0 Å². The molecular weight excluding hydrogens is 360 g/mol. The van der Waals surface area contributed by atoms with Crippen molar-refractivity contribution in [2.45, 2.75) is 33.2 Å². The van der Waals surface area contributed by atoms with E-state index in [2.05, 4.69) is 47.7 Å². The second-order valence-electron chi connectivity index (χ2n) is 7.38. The fourth-order valence-corrected chi connectivity index (χ4v) is 3.86. The third-order valence-corrected chi connectivity index (χ3v) is 5.37. The van der Waals surface area contributed by atoms with Gasteiger partial charge in [0.15, 0.2) is 0 Å². The van der Waals surface area contributed by atoms with Crippen molar-refractivity contribution in [3.63, 3.8) is 0 Å². The van der Waals surface area contributed by atoms with E-state index >= 15 is 0 Å². The number of hydrogen-bond donors (Lipinski definition) is 1. The van der Waals surface area contributed by atoms with Crippen LogP contribution in [0.1, 0.15) is 40.5 Å². The van der Waals surface area contributed by atoms with Crippen molar-refractivity contribution in [3.8, 4) is 11.1 Å². The maximum Gasteiger partial charge on any atom is 0.336 e. The molecule has 146 valence electrons. The van der Waals surface area contributed by atoms with Crippen molar-refractivity contribution in [1.29, 1.82) is 0 Å². The molecule has 2 aromatic heterocycles. The Morgan fingerprint density at radius 3 is 2.55 bits per heavy atom. The normalized spacial score (nSPS) is 11.1. The van der Waals surface area contributed by atoms with Crippen molar-refractivity contribution in [1.82, 2.24) is 9.55 Å². The Labute approximate surface area is 170 Å². The van der Waals surface area contributed by atoms with Crippen molar-refractivity contribution in [3.05, 3.63) is 89.2 Å². The smallest absolute Gasteiger partial charge is 0.336 e. The molecule has 0 saturated heterocycles. The Balaban J connectivity index is 1.69. The van der Waals surface area contributed by atoms with Gasteiger partial charge < -0.3 is 9.67 Å². The van der Waals surface area contributed by atoms with Gasteiger partial charge >= 0.3 is 5.97 Å². The zero-order valence-corrected chi connectivity index (χ0v) is 16.7. The van der Waals surface area contributed by atoms with Crippen LogP contribution in [0.25, 0.3) is 22.2 Å². The summed E-state index contributed by atoms with van der Waals surface area (Å²) < 4.78 is 2.30. The van der Waals surface area contributed by atoms with Gasteiger partial charge in [-0.15, -0.1) is 0 Å². The van der Waals surface area contributed by atoms with Gasteiger partial charge in [-0.3, -0.25) is 0 Å². The minimum absolute atomic E-state index is 0.321. The number of hydrogen-bond acceptors (Lipinski definition) is 2. The molecule has 29 heavy (non-hydrogen) atoms. The molecule has 0 amide bonds. The number of benzene rings is 2. The van der Waals surface area contributed by atoms with Gasteiger partial charge in [-0.25, -0.2) is 9.78 Å². The fraction of sp³-hybridized carbons (Fsp3) is 0.200. The highest BCUT2D eigenvalue weighted by atomic mass is 16.4. The van der Waals surface area contributed by atoms with Crippen LogP contribution in [0.3, 0.4) is 0 Å². The molecular formula is C25H24N2O2. The molecule has 2 heterocycles. The van der Waals surface area contributed by atoms with E-state index in [-0.39, 0.29) is 0 Å². The molecule has 4 nitrogen and oxygen atoms in total. The molecule has 4 rings (SSSR count). The third kappa shape index (κ3) is 3.66. The van der Waals surface area contributed by atoms with E-state index in [9.17, 15) is 9.90 Å². The number of aromatic nitrogens is 2. The Kier molecular flexibility index (Phi) is 5.17. The SMILES string of the molecule is CCCc1cc2c(C)ccnc2n1Cc1ccc(-c2ccccc2C(=O)O)cc1. The number of pyridine rings is 1. The van der Waals surface area contributed by atoms with Gasteiger partial charge in [0.2, 0.25) is 0 Å². The minimum Gasteiger partial charge on any atom is -0.478 e. The van der Waals surface area contributed by atoms with Crippen molar-refractivity contribution in [2.24, 2.45) is 0 Å². The average molecular weight is 384 g/mol. The van der Waals surface area contributed by atoms with E-state index in [4.69, 9.17) is 0 Å². The van der Waals surface area contributed by atoms with Crippen molar-refractivity contribution < 1.29 is 9.90 Å². The Hall–Kier alpha value is -3.40. The highest BCUT2D eigenvalue weighted by Crippen LogP contribution is 2.26. The van der Waals surface area contributed by atoms with Gasteiger partial charge in [0.05, 0.1) is 5.56 Å². The molecule has 0 aliphatic rings. The first kappa shape index (κ1) is 18.9. The van der Waals surface area contributed by atoms with Gasteiger partial charge in [-0.1, -0.05) is 55.8 Å². The van der Waals surface area contributed by atoms with E-state index < -0.39 is 5.97 Å². The molecule has 2 aromatic carbocycles. The standard InChI is InChI=1S/C25H24N2O2/c1-3-6-20-15-23-17(2)13-14-26-24(23)27(20)16-18-9-11-19(12-10-18)21-7-4-5-8-22(21)25(28)29/h4-5,7-15H,3,6,16H2,1-2H3,(H,28,29). The maximum atomic E-state index is 11.5. The first-order valence-electron chi connectivity index (χ1n) is 9.94. The number of carboxylic acid groups (broad SMARTS) is 1. The largest absolute Gasteiger partial charge is 0.478 e. The number of nitrogens with zero attached hydrogens (tertiary/aromatic N) is 2. The van der Waals surface area contributed by atoms with Crippen LogP contribution in [0.2, 0.25) is 0 Å². The number of aromatic carboxylic acids is 1. The molecule has 0 aliphatic heterocycles. The number of fused-ring (bicyclic) bond motifs is 1. The zero-order chi connectivity index (χ0) is 20.4. The molecule has 0 bridgehead atoms. The molecule has 0 unspecified atom stereocenters. The van der Waals surface area contributed by atoms with Gasteiger partial charge in [-0.05, 0) is 53.8 Å². The molecule has 0 radical (unpaired) electrons. The molecule has 4 aromatic rings. The Morgan fingerprint density at radius 2 is 1.83 bits per heavy atom. The van der Waals surface area contributed by atoms with Crippen LogP contribution in [0.4, 0.5) is 0 Å². The Morgan fingerprint density at radius 1 is 1.07 bits per heavy atom. The van der Waals surface area contributed by atoms with Gasteiger partial charge in [0.25, 0.3) is 0 Å². The summed E-state index contributed by atoms with van der Waals surface area (Å²) in [5.74, 6) is -0.908. The van der Waals surface area contributed by atoms with Crippen molar-refractivity contribution in [2.75, 3.05) is 0 Å². The highest BCUT2D eigenvalue weighted by molar-refractivity contribution is 5.96. The second-order valence-corrected chi connectivity index (χ2v) is 7.38. The lowest BCUT2D eigenvalue weighted by Gasteiger charge is -2.11. The maximum absolute atomic E-state index is 11.5. The summed E-state index contributed by atoms with van der Waals surface area (Å²) in [7, 11) is 0. The molecule has 0 atom stereocenters. The van der Waals surface area contributed by atoms with E-state index in [0.29, 0.717) is 5.56 Å². The number of carbonyl (C=O) groups is 1. The van der Waals surface area contributed by atoms with Gasteiger partial charge in [0, 0.05) is 23.8 Å². The molecule has 0 saturated carbocycles. The second kappa shape index (κ2) is 7.92. The van der Waals surface area contributed by atoms with Crippen LogP contribution < -0.4 is 0 Å². The number of carboxylic acids is 1. The van der Waals surface area contributed by atoms with E-state index in [1.807, 2.05) is 30.5 Å². The van der Waals surface area contributed by atoms with Crippen molar-refractivity contribution >= 4 is 17.0 Å². The third-order valence-electron chi connectivity index (χ3n) is 5.37. The summed E-state index contributed by atoms with van der Waals surface area (Å²) in [6, 6.07) is 19.6. The fourth-order valence-electron chi connectivity index (χ4n) is 3.86. The van der Waals surface area contributed by atoms with Crippen LogP contribution in [0, 0.1) is 6.92 Å². The van der Waals surface area contributed by atoms with Gasteiger partial charge in [-0.2, -0.15) is 0 Å². The highest BCUT2D eigenvalue weighted by Gasteiger charge is 2.13. The minimum atomic E-state index is -0.908. The number of aryl methyl sites for hydroxylation is 2. The Bertz CT molecular complexity index is 1170. The van der Waals surface area contributed by atoms with E-state index in [1.54, 1.807) is 12.1 Å². The lowest BCUT2D eigenvalue weighted by atomic mass is 9.99. The van der Waals surface area contributed by atoms with Crippen LogP contribution in [0.5, 0.6) is 0 Å². The molecule has 0 fully saturated rings. The first-order valence-corrected chi connectivity index (χ1v) is 9.94. The predicted molar refractivity (Wildman–Crippen MR) is 116 cm³/mol. The molecule has 1 N–H and O–H groups in total. The zero-order valence-electron chi connectivity index (χ0n) is 16.7. The number of rotatable bonds is 6. The summed E-state index contributed by atoms with van der Waals surface area (Å²) in [5.41, 5.74) is 6.69. The summed E-state index contributed by atoms with van der Waals surface area (Å²) >= 11 is 0. The van der Waals surface area contributed by atoms with Crippen LogP contribution in [0.15, 0.2) is 66.9 Å². The summed E-state index contributed by atoms with van der Waals surface area (Å²) in [4.78, 5) is 16.1. The van der Waals surface area contributed by atoms with Gasteiger partial charge in [0.1, 0.15) is 5.65 Å². The van der Waals surface area contributed by atoms with Crippen LogP contribution >= 0.6 is 0 Å². The first-order chi connectivity index (χ1) is 14.1. The lowest BCUT2D eigenvalue weighted by molar-refractivity contribution is 0.0697. The molecule has 0 aliphatic carbocycles. The quantitative estimate of drug-likeness (QED) is 0.463. The van der Waals surface area contributed by atoms with Crippen LogP contribution in [-0.4, -0.2) is 20.6 Å². The topological polar surface area (TPSA) is 55.1 Å². The summed E-state index contributed by atoms with van der Waals surface area (Å²) in [5, 5.41) is 10.7. The molecule has 4 heteroatoms. The van der Waals surface area contributed by atoms with E-state index in [0.717, 1.165) is 36.2 Å². The monoisotopic (exact) mass is 384 g/mol. The average Bonchev–Trinajstić information content (AvgIpc) is 3.07. The summed E-state index contributed by atoms with van der Waals surface area (Å²) in [6.07, 6.45) is 3.97. The predicted octanol–water partition coefficient (Wildman–Crippen LogP) is 5.71. The summed E-state index contributed by atoms with van der Waals surface area (Å²) in [6.45, 7) is 5.06. The van der Waals surface area contributed by atoms with E-state index in [1.165, 1.54) is 22.2 Å².